The smallest absolute Gasteiger partial charge is 0.254 e. The van der Waals surface area contributed by atoms with Crippen LogP contribution < -0.4 is 0 Å². The maximum atomic E-state index is 12.6. The molecular weight excluding hydrogens is 248 g/mol. The van der Waals surface area contributed by atoms with Crippen LogP contribution in [0.1, 0.15) is 42.3 Å². The van der Waals surface area contributed by atoms with Crippen LogP contribution in [0.5, 0.6) is 0 Å². The van der Waals surface area contributed by atoms with Crippen molar-refractivity contribution in [3.63, 3.8) is 0 Å². The zero-order valence-electron chi connectivity index (χ0n) is 13.4. The first-order valence-corrected chi connectivity index (χ1v) is 7.38. The second kappa shape index (κ2) is 5.57. The first-order chi connectivity index (χ1) is 9.29. The minimum atomic E-state index is 0.125. The molecule has 1 heterocycles. The maximum absolute atomic E-state index is 12.6. The lowest BCUT2D eigenvalue weighted by Crippen LogP contribution is -2.47. The zero-order valence-corrected chi connectivity index (χ0v) is 13.4. The first kappa shape index (κ1) is 15.0. The monoisotopic (exact) mass is 274 g/mol. The highest BCUT2D eigenvalue weighted by atomic mass is 16.2. The van der Waals surface area contributed by atoms with Gasteiger partial charge in [-0.3, -0.25) is 4.79 Å². The molecule has 1 aromatic rings. The van der Waals surface area contributed by atoms with Crippen LogP contribution >= 0.6 is 0 Å². The third kappa shape index (κ3) is 3.21. The number of aryl methyl sites for hydroxylation is 1. The molecular formula is C17H26N2O. The van der Waals surface area contributed by atoms with Crippen LogP contribution in [0.4, 0.5) is 0 Å². The number of hydrogen-bond donors (Lipinski definition) is 0. The summed E-state index contributed by atoms with van der Waals surface area (Å²) in [6, 6.07) is 6.25. The summed E-state index contributed by atoms with van der Waals surface area (Å²) >= 11 is 0. The maximum Gasteiger partial charge on any atom is 0.254 e. The third-order valence-electron chi connectivity index (χ3n) is 4.11. The molecule has 1 saturated heterocycles. The minimum absolute atomic E-state index is 0.125. The van der Waals surface area contributed by atoms with Gasteiger partial charge in [0.2, 0.25) is 0 Å². The summed E-state index contributed by atoms with van der Waals surface area (Å²) in [6.45, 7) is 12.2. The van der Waals surface area contributed by atoms with Gasteiger partial charge >= 0.3 is 0 Å². The molecule has 0 aliphatic carbocycles. The predicted octanol–water partition coefficient (Wildman–Crippen LogP) is 2.68. The summed E-state index contributed by atoms with van der Waals surface area (Å²) in [5, 5.41) is 0. The Morgan fingerprint density at radius 2 is 1.70 bits per heavy atom. The second-order valence-corrected chi connectivity index (χ2v) is 6.88. The van der Waals surface area contributed by atoms with E-state index in [4.69, 9.17) is 0 Å². The molecule has 0 unspecified atom stereocenters. The third-order valence-corrected chi connectivity index (χ3v) is 4.11. The van der Waals surface area contributed by atoms with Gasteiger partial charge in [-0.2, -0.15) is 0 Å². The van der Waals surface area contributed by atoms with Crippen LogP contribution in [0, 0.1) is 6.92 Å². The normalized spacial score (nSPS) is 17.4. The van der Waals surface area contributed by atoms with Crippen molar-refractivity contribution in [2.75, 3.05) is 33.2 Å². The van der Waals surface area contributed by atoms with E-state index in [2.05, 4.69) is 44.9 Å². The van der Waals surface area contributed by atoms with Crippen LogP contribution in [0.15, 0.2) is 18.2 Å². The Bertz CT molecular complexity index is 494. The van der Waals surface area contributed by atoms with Crippen molar-refractivity contribution in [1.82, 2.24) is 9.80 Å². The SMILES string of the molecule is Cc1cc(C(C)(C)C)ccc1C(=O)N1CCN(C)CC1. The molecule has 0 aromatic heterocycles. The highest BCUT2D eigenvalue weighted by Crippen LogP contribution is 2.25. The summed E-state index contributed by atoms with van der Waals surface area (Å²) in [6.07, 6.45) is 0. The number of carbonyl (C=O) groups is 1. The van der Waals surface area contributed by atoms with E-state index >= 15 is 0 Å². The van der Waals surface area contributed by atoms with Crippen molar-refractivity contribution in [1.29, 1.82) is 0 Å². The summed E-state index contributed by atoms with van der Waals surface area (Å²) in [7, 11) is 2.10. The van der Waals surface area contributed by atoms with E-state index in [1.165, 1.54) is 5.56 Å². The number of amides is 1. The molecule has 110 valence electrons. The van der Waals surface area contributed by atoms with Gasteiger partial charge in [0.25, 0.3) is 5.91 Å². The van der Waals surface area contributed by atoms with Crippen LogP contribution in [-0.2, 0) is 5.41 Å². The molecule has 0 bridgehead atoms. The van der Waals surface area contributed by atoms with Crippen LogP contribution in [-0.4, -0.2) is 48.9 Å². The molecule has 0 N–H and O–H groups in total. The Kier molecular flexibility index (Phi) is 4.19. The fourth-order valence-corrected chi connectivity index (χ4v) is 2.55. The molecule has 0 spiro atoms. The predicted molar refractivity (Wildman–Crippen MR) is 83.3 cm³/mol. The van der Waals surface area contributed by atoms with E-state index in [0.717, 1.165) is 37.3 Å². The number of carbonyl (C=O) groups excluding carboxylic acids is 1. The van der Waals surface area contributed by atoms with Crippen molar-refractivity contribution >= 4 is 5.91 Å². The van der Waals surface area contributed by atoms with Gasteiger partial charge in [0.15, 0.2) is 0 Å². The summed E-state index contributed by atoms with van der Waals surface area (Å²) in [5.41, 5.74) is 3.34. The van der Waals surface area contributed by atoms with Gasteiger partial charge in [-0.1, -0.05) is 32.9 Å². The minimum Gasteiger partial charge on any atom is -0.336 e. The van der Waals surface area contributed by atoms with Gasteiger partial charge < -0.3 is 9.80 Å². The standard InChI is InChI=1S/C17H26N2O/c1-13-12-14(17(2,3)4)6-7-15(13)16(20)19-10-8-18(5)9-11-19/h6-7,12H,8-11H2,1-5H3. The van der Waals surface area contributed by atoms with Gasteiger partial charge in [-0.25, -0.2) is 0 Å². The number of benzene rings is 1. The fourth-order valence-electron chi connectivity index (χ4n) is 2.55. The van der Waals surface area contributed by atoms with Crippen molar-refractivity contribution < 1.29 is 4.79 Å². The summed E-state index contributed by atoms with van der Waals surface area (Å²) in [4.78, 5) is 16.8. The number of hydrogen-bond acceptors (Lipinski definition) is 2. The van der Waals surface area contributed by atoms with E-state index < -0.39 is 0 Å². The quantitative estimate of drug-likeness (QED) is 0.786. The van der Waals surface area contributed by atoms with Gasteiger partial charge in [0.1, 0.15) is 0 Å². The molecule has 0 saturated carbocycles. The summed E-state index contributed by atoms with van der Waals surface area (Å²) < 4.78 is 0. The highest BCUT2D eigenvalue weighted by Gasteiger charge is 2.22. The molecule has 0 radical (unpaired) electrons. The van der Waals surface area contributed by atoms with Crippen molar-refractivity contribution in [2.45, 2.75) is 33.1 Å². The molecule has 1 fully saturated rings. The zero-order chi connectivity index (χ0) is 14.9. The van der Waals surface area contributed by atoms with E-state index in [9.17, 15) is 4.79 Å². The Hall–Kier alpha value is -1.35. The lowest BCUT2D eigenvalue weighted by molar-refractivity contribution is 0.0663. The Morgan fingerprint density at radius 1 is 1.10 bits per heavy atom. The van der Waals surface area contributed by atoms with Gasteiger partial charge in [-0.15, -0.1) is 0 Å². The molecule has 1 aromatic carbocycles. The van der Waals surface area contributed by atoms with Gasteiger partial charge in [-0.05, 0) is 36.6 Å². The van der Waals surface area contributed by atoms with Crippen molar-refractivity contribution in [3.8, 4) is 0 Å². The van der Waals surface area contributed by atoms with E-state index in [0.29, 0.717) is 0 Å². The van der Waals surface area contributed by atoms with Crippen molar-refractivity contribution in [3.05, 3.63) is 34.9 Å². The molecule has 3 heteroatoms. The topological polar surface area (TPSA) is 23.6 Å². The number of likely N-dealkylation sites (N-methyl/N-ethyl adjacent to an activating group) is 1. The Labute approximate surface area is 122 Å². The van der Waals surface area contributed by atoms with Gasteiger partial charge in [0, 0.05) is 31.7 Å². The molecule has 2 rings (SSSR count). The molecule has 1 aliphatic heterocycles. The number of piperazine rings is 1. The molecule has 1 amide bonds. The molecule has 1 aliphatic rings. The lowest BCUT2D eigenvalue weighted by atomic mass is 9.85. The van der Waals surface area contributed by atoms with E-state index in [1.54, 1.807) is 0 Å². The van der Waals surface area contributed by atoms with E-state index in [1.807, 2.05) is 17.9 Å². The fraction of sp³-hybridized carbons (Fsp3) is 0.588. The molecule has 0 atom stereocenters. The molecule has 20 heavy (non-hydrogen) atoms. The Morgan fingerprint density at radius 3 is 2.20 bits per heavy atom. The highest BCUT2D eigenvalue weighted by molar-refractivity contribution is 5.95. The lowest BCUT2D eigenvalue weighted by Gasteiger charge is -2.33. The average molecular weight is 274 g/mol. The second-order valence-electron chi connectivity index (χ2n) is 6.88. The average Bonchev–Trinajstić information content (AvgIpc) is 2.37. The van der Waals surface area contributed by atoms with Crippen LogP contribution in [0.2, 0.25) is 0 Å². The van der Waals surface area contributed by atoms with Crippen LogP contribution in [0.25, 0.3) is 0 Å². The van der Waals surface area contributed by atoms with Gasteiger partial charge in [0.05, 0.1) is 0 Å². The van der Waals surface area contributed by atoms with Crippen LogP contribution in [0.3, 0.4) is 0 Å². The van der Waals surface area contributed by atoms with E-state index in [-0.39, 0.29) is 11.3 Å². The number of rotatable bonds is 1. The molecule has 3 nitrogen and oxygen atoms in total. The Balaban J connectivity index is 2.19. The van der Waals surface area contributed by atoms with Crippen molar-refractivity contribution in [2.24, 2.45) is 0 Å². The summed E-state index contributed by atoms with van der Waals surface area (Å²) in [5.74, 6) is 0.177. The number of nitrogens with zero attached hydrogens (tertiary/aromatic N) is 2. The first-order valence-electron chi connectivity index (χ1n) is 7.38. The largest absolute Gasteiger partial charge is 0.336 e.